The maximum absolute atomic E-state index is 11.0. The number of carboxylic acid groups (broad SMARTS) is 1. The smallest absolute Gasteiger partial charge is 0.358 e. The Kier molecular flexibility index (Phi) is 2.53. The molecule has 0 radical (unpaired) electrons. The van der Waals surface area contributed by atoms with E-state index in [2.05, 4.69) is 10.1 Å². The Morgan fingerprint density at radius 2 is 2.10 bits per heavy atom. The number of fused-ring (bicyclic) bond motifs is 1. The van der Waals surface area contributed by atoms with Crippen molar-refractivity contribution in [1.29, 1.82) is 0 Å². The van der Waals surface area contributed by atoms with Gasteiger partial charge in [0.2, 0.25) is 0 Å². The number of pyridine rings is 1. The maximum Gasteiger partial charge on any atom is 0.358 e. The molecule has 0 aliphatic rings. The number of nitrogens with zero attached hydrogens (tertiary/aromatic N) is 3. The molecule has 0 fully saturated rings. The first-order valence-corrected chi connectivity index (χ1v) is 5.73. The Bertz CT molecular complexity index is 826. The summed E-state index contributed by atoms with van der Waals surface area (Å²) in [6.45, 7) is 0. The Morgan fingerprint density at radius 3 is 2.80 bits per heavy atom. The number of aromatic nitrogens is 3. The van der Waals surface area contributed by atoms with Crippen LogP contribution < -0.4 is 5.73 Å². The lowest BCUT2D eigenvalue weighted by Gasteiger charge is -2.05. The third-order valence-electron chi connectivity index (χ3n) is 2.89. The molecular weight excluding hydrogens is 260 g/mol. The van der Waals surface area contributed by atoms with Crippen LogP contribution in [0.1, 0.15) is 10.5 Å². The summed E-state index contributed by atoms with van der Waals surface area (Å²) in [4.78, 5) is 15.1. The fourth-order valence-electron chi connectivity index (χ4n) is 1.99. The van der Waals surface area contributed by atoms with Crippen molar-refractivity contribution in [2.45, 2.75) is 0 Å². The van der Waals surface area contributed by atoms with Crippen LogP contribution in [0.25, 0.3) is 16.6 Å². The molecule has 0 saturated heterocycles. The number of carbonyl (C=O) groups is 1. The summed E-state index contributed by atoms with van der Waals surface area (Å²) in [5.41, 5.74) is 5.43. The van der Waals surface area contributed by atoms with Gasteiger partial charge >= 0.3 is 5.97 Å². The van der Waals surface area contributed by atoms with Gasteiger partial charge in [-0.25, -0.2) is 14.5 Å². The zero-order chi connectivity index (χ0) is 14.3. The highest BCUT2D eigenvalue weighted by Gasteiger charge is 2.15. The summed E-state index contributed by atoms with van der Waals surface area (Å²) in [5.74, 6) is -0.715. The summed E-state index contributed by atoms with van der Waals surface area (Å²) < 4.78 is 1.29. The van der Waals surface area contributed by atoms with Gasteiger partial charge in [0.1, 0.15) is 5.75 Å². The number of nitrogens with two attached hydrogens (primary N) is 1. The molecule has 3 aromatic rings. The van der Waals surface area contributed by atoms with E-state index in [1.165, 1.54) is 16.9 Å². The van der Waals surface area contributed by atoms with Crippen LogP contribution in [0.4, 0.5) is 5.69 Å². The minimum absolute atomic E-state index is 0.0523. The van der Waals surface area contributed by atoms with E-state index in [-0.39, 0.29) is 17.1 Å². The van der Waals surface area contributed by atoms with Crippen molar-refractivity contribution >= 4 is 22.4 Å². The lowest BCUT2D eigenvalue weighted by molar-refractivity contribution is 0.0691. The zero-order valence-electron chi connectivity index (χ0n) is 10.2. The Balaban J connectivity index is 2.26. The van der Waals surface area contributed by atoms with Crippen molar-refractivity contribution in [3.8, 4) is 11.6 Å². The molecular formula is C13H10N4O3. The number of aromatic carboxylic acids is 1. The third-order valence-corrected chi connectivity index (χ3v) is 2.89. The Morgan fingerprint density at radius 1 is 1.30 bits per heavy atom. The van der Waals surface area contributed by atoms with Gasteiger partial charge in [0.15, 0.2) is 11.5 Å². The molecule has 7 nitrogen and oxygen atoms in total. The second-order valence-electron chi connectivity index (χ2n) is 4.22. The number of phenols is 1. The molecule has 0 aliphatic carbocycles. The van der Waals surface area contributed by atoms with Crippen LogP contribution in [-0.2, 0) is 0 Å². The fourth-order valence-corrected chi connectivity index (χ4v) is 1.99. The van der Waals surface area contributed by atoms with Gasteiger partial charge in [-0.15, -0.1) is 0 Å². The molecule has 0 spiro atoms. The number of aromatic hydroxyl groups is 1. The van der Waals surface area contributed by atoms with Crippen molar-refractivity contribution in [2.75, 3.05) is 5.73 Å². The Hall–Kier alpha value is -3.09. The number of hydrogen-bond donors (Lipinski definition) is 3. The van der Waals surface area contributed by atoms with Gasteiger partial charge in [-0.3, -0.25) is 0 Å². The zero-order valence-corrected chi connectivity index (χ0v) is 10.2. The summed E-state index contributed by atoms with van der Waals surface area (Å²) >= 11 is 0. The summed E-state index contributed by atoms with van der Waals surface area (Å²) in [7, 11) is 0. The van der Waals surface area contributed by atoms with Gasteiger partial charge in [-0.1, -0.05) is 6.07 Å². The topological polar surface area (TPSA) is 114 Å². The van der Waals surface area contributed by atoms with Crippen molar-refractivity contribution in [1.82, 2.24) is 14.8 Å². The highest BCUT2D eigenvalue weighted by atomic mass is 16.4. The molecule has 7 heteroatoms. The van der Waals surface area contributed by atoms with E-state index in [0.717, 1.165) is 5.39 Å². The highest BCUT2D eigenvalue weighted by molar-refractivity contribution is 5.92. The number of rotatable bonds is 2. The van der Waals surface area contributed by atoms with Gasteiger partial charge < -0.3 is 15.9 Å². The SMILES string of the molecule is Nc1cn(-c2nccc3ccc(O)cc23)nc1C(=O)O. The lowest BCUT2D eigenvalue weighted by atomic mass is 10.1. The van der Waals surface area contributed by atoms with Gasteiger partial charge in [0, 0.05) is 11.6 Å². The molecule has 100 valence electrons. The maximum atomic E-state index is 11.0. The minimum Gasteiger partial charge on any atom is -0.508 e. The first-order chi connectivity index (χ1) is 9.56. The van der Waals surface area contributed by atoms with E-state index < -0.39 is 5.97 Å². The van der Waals surface area contributed by atoms with Crippen LogP contribution in [0, 0.1) is 0 Å². The molecule has 3 rings (SSSR count). The van der Waals surface area contributed by atoms with Crippen molar-refractivity contribution in [2.24, 2.45) is 0 Å². The predicted molar refractivity (Wildman–Crippen MR) is 71.9 cm³/mol. The largest absolute Gasteiger partial charge is 0.508 e. The lowest BCUT2D eigenvalue weighted by Crippen LogP contribution is -2.03. The van der Waals surface area contributed by atoms with Crippen LogP contribution in [-0.4, -0.2) is 30.9 Å². The molecule has 1 aromatic carbocycles. The number of benzene rings is 1. The number of nitrogen functional groups attached to an aromatic ring is 1. The molecule has 2 heterocycles. The van der Waals surface area contributed by atoms with Crippen LogP contribution in [0.15, 0.2) is 36.7 Å². The molecule has 0 unspecified atom stereocenters. The quantitative estimate of drug-likeness (QED) is 0.648. The van der Waals surface area contributed by atoms with E-state index in [1.807, 2.05) is 0 Å². The average Bonchev–Trinajstić information content (AvgIpc) is 2.80. The standard InChI is InChI=1S/C13H10N4O3/c14-10-6-17(16-11(10)13(19)20)12-9-5-8(18)2-1-7(9)3-4-15-12/h1-6,18H,14H2,(H,19,20). The summed E-state index contributed by atoms with van der Waals surface area (Å²) in [6, 6.07) is 6.62. The van der Waals surface area contributed by atoms with Gasteiger partial charge in [-0.2, -0.15) is 5.10 Å². The van der Waals surface area contributed by atoms with Crippen LogP contribution in [0.2, 0.25) is 0 Å². The number of anilines is 1. The van der Waals surface area contributed by atoms with Crippen molar-refractivity contribution in [3.05, 3.63) is 42.4 Å². The number of carboxylic acids is 1. The van der Waals surface area contributed by atoms with Crippen molar-refractivity contribution in [3.63, 3.8) is 0 Å². The Labute approximate surface area is 112 Å². The monoisotopic (exact) mass is 270 g/mol. The number of phenolic OH excluding ortho intramolecular Hbond substituents is 1. The molecule has 0 atom stereocenters. The van der Waals surface area contributed by atoms with E-state index in [4.69, 9.17) is 10.8 Å². The van der Waals surface area contributed by atoms with E-state index >= 15 is 0 Å². The normalized spacial score (nSPS) is 10.8. The van der Waals surface area contributed by atoms with Crippen LogP contribution in [0.5, 0.6) is 5.75 Å². The molecule has 0 aliphatic heterocycles. The third kappa shape index (κ3) is 1.81. The van der Waals surface area contributed by atoms with Crippen molar-refractivity contribution < 1.29 is 15.0 Å². The minimum atomic E-state index is -1.20. The molecule has 20 heavy (non-hydrogen) atoms. The average molecular weight is 270 g/mol. The molecule has 2 aromatic heterocycles. The number of hydrogen-bond acceptors (Lipinski definition) is 5. The first-order valence-electron chi connectivity index (χ1n) is 5.73. The van der Waals surface area contributed by atoms with Gasteiger partial charge in [0.25, 0.3) is 0 Å². The molecule has 0 amide bonds. The summed E-state index contributed by atoms with van der Waals surface area (Å²) in [6.07, 6.45) is 2.96. The second-order valence-corrected chi connectivity index (χ2v) is 4.22. The van der Waals surface area contributed by atoms with Crippen LogP contribution in [0.3, 0.4) is 0 Å². The highest BCUT2D eigenvalue weighted by Crippen LogP contribution is 2.25. The van der Waals surface area contributed by atoms with E-state index in [9.17, 15) is 9.90 Å². The van der Waals surface area contributed by atoms with Gasteiger partial charge in [-0.05, 0) is 23.6 Å². The summed E-state index contributed by atoms with van der Waals surface area (Å²) in [5, 5.41) is 23.9. The first kappa shape index (κ1) is 12.0. The van der Waals surface area contributed by atoms with Gasteiger partial charge in [0.05, 0.1) is 11.9 Å². The molecule has 0 bridgehead atoms. The van der Waals surface area contributed by atoms with E-state index in [0.29, 0.717) is 11.2 Å². The fraction of sp³-hybridized carbons (Fsp3) is 0. The predicted octanol–water partition coefficient (Wildman–Crippen LogP) is 1.41. The van der Waals surface area contributed by atoms with E-state index in [1.54, 1.807) is 24.4 Å². The molecule has 4 N–H and O–H groups in total. The molecule has 0 saturated carbocycles. The van der Waals surface area contributed by atoms with Crippen LogP contribution >= 0.6 is 0 Å². The second kappa shape index (κ2) is 4.23.